The van der Waals surface area contributed by atoms with Gasteiger partial charge in [0.25, 0.3) is 11.6 Å². The first-order valence-electron chi connectivity index (χ1n) is 11.0. The van der Waals surface area contributed by atoms with Crippen molar-refractivity contribution >= 4 is 34.0 Å². The van der Waals surface area contributed by atoms with Gasteiger partial charge in [-0.3, -0.25) is 9.20 Å². The molecule has 0 aromatic carbocycles. The molecule has 8 nitrogen and oxygen atoms in total. The minimum atomic E-state index is -0.0262. The van der Waals surface area contributed by atoms with E-state index in [1.807, 2.05) is 52.8 Å². The van der Waals surface area contributed by atoms with Gasteiger partial charge in [-0.15, -0.1) is 21.5 Å². The van der Waals surface area contributed by atoms with Crippen molar-refractivity contribution in [3.8, 4) is 10.6 Å². The molecular formula is C24H22N6O2S. The highest BCUT2D eigenvalue weighted by atomic mass is 32.1. The molecule has 9 heteroatoms. The first-order valence-corrected chi connectivity index (χ1v) is 11.8. The average Bonchev–Trinajstić information content (AvgIpc) is 3.57. The molecule has 1 atom stereocenters. The monoisotopic (exact) mass is 458 g/mol. The number of rotatable bonds is 3. The molecule has 0 bridgehead atoms. The maximum Gasteiger partial charge on any atom is 0.259 e. The van der Waals surface area contributed by atoms with Crippen molar-refractivity contribution in [3.05, 3.63) is 64.6 Å². The molecular weight excluding hydrogens is 436 g/mol. The van der Waals surface area contributed by atoms with E-state index in [1.54, 1.807) is 11.3 Å². The van der Waals surface area contributed by atoms with Crippen LogP contribution >= 0.6 is 11.3 Å². The van der Waals surface area contributed by atoms with Crippen molar-refractivity contribution < 1.29 is 9.32 Å². The van der Waals surface area contributed by atoms with Crippen LogP contribution in [0.1, 0.15) is 45.5 Å². The summed E-state index contributed by atoms with van der Waals surface area (Å²) in [5, 5.41) is 13.5. The minimum Gasteiger partial charge on any atom is -0.338 e. The summed E-state index contributed by atoms with van der Waals surface area (Å²) in [6, 6.07) is 11.8. The molecule has 0 unspecified atom stereocenters. The third-order valence-corrected chi connectivity index (χ3v) is 7.28. The van der Waals surface area contributed by atoms with Crippen molar-refractivity contribution in [1.29, 1.82) is 0 Å². The molecule has 6 rings (SSSR count). The number of carbonyl (C=O) groups is 1. The lowest BCUT2D eigenvalue weighted by Crippen LogP contribution is -2.39. The number of aryl methyl sites for hydroxylation is 2. The van der Waals surface area contributed by atoms with Gasteiger partial charge in [0.15, 0.2) is 5.65 Å². The van der Waals surface area contributed by atoms with Crippen LogP contribution in [0, 0.1) is 13.8 Å². The van der Waals surface area contributed by atoms with Crippen LogP contribution in [-0.4, -0.2) is 48.6 Å². The summed E-state index contributed by atoms with van der Waals surface area (Å²) < 4.78 is 7.49. The SMILES string of the molecule is Cc1ccc(-c2cc(C(=O)N3CCC[C@H](c4nnc5ccccn45)C3)c3c(C)noc3n2)s1. The lowest BCUT2D eigenvalue weighted by molar-refractivity contribution is 0.0706. The fourth-order valence-electron chi connectivity index (χ4n) is 4.64. The molecule has 5 aromatic rings. The number of likely N-dealkylation sites (tertiary alicyclic amines) is 1. The van der Waals surface area contributed by atoms with Crippen molar-refractivity contribution in [3.63, 3.8) is 0 Å². The Bertz CT molecular complexity index is 1500. The lowest BCUT2D eigenvalue weighted by atomic mass is 9.96. The quantitative estimate of drug-likeness (QED) is 0.392. The average molecular weight is 459 g/mol. The topological polar surface area (TPSA) is 89.4 Å². The number of hydrogen-bond acceptors (Lipinski definition) is 7. The molecule has 5 aromatic heterocycles. The largest absolute Gasteiger partial charge is 0.338 e. The fourth-order valence-corrected chi connectivity index (χ4v) is 5.47. The summed E-state index contributed by atoms with van der Waals surface area (Å²) in [4.78, 5) is 22.6. The third-order valence-electron chi connectivity index (χ3n) is 6.25. The lowest BCUT2D eigenvalue weighted by Gasteiger charge is -2.32. The van der Waals surface area contributed by atoms with Crippen LogP contribution in [0.5, 0.6) is 0 Å². The van der Waals surface area contributed by atoms with E-state index in [1.165, 1.54) is 4.88 Å². The Morgan fingerprint density at radius 3 is 2.94 bits per heavy atom. The molecule has 0 spiro atoms. The van der Waals surface area contributed by atoms with Crippen LogP contribution in [0.4, 0.5) is 0 Å². The van der Waals surface area contributed by atoms with Gasteiger partial charge in [-0.25, -0.2) is 4.98 Å². The van der Waals surface area contributed by atoms with Gasteiger partial charge in [-0.1, -0.05) is 11.2 Å². The Kier molecular flexibility index (Phi) is 4.72. The second-order valence-electron chi connectivity index (χ2n) is 8.49. The van der Waals surface area contributed by atoms with Crippen molar-refractivity contribution in [2.75, 3.05) is 13.1 Å². The van der Waals surface area contributed by atoms with Crippen LogP contribution < -0.4 is 0 Å². The molecule has 0 radical (unpaired) electrons. The Morgan fingerprint density at radius 2 is 2.09 bits per heavy atom. The van der Waals surface area contributed by atoms with Crippen LogP contribution in [0.15, 0.2) is 47.1 Å². The molecule has 33 heavy (non-hydrogen) atoms. The van der Waals surface area contributed by atoms with Gasteiger partial charge >= 0.3 is 0 Å². The summed E-state index contributed by atoms with van der Waals surface area (Å²) in [6.45, 7) is 5.20. The maximum absolute atomic E-state index is 13.8. The highest BCUT2D eigenvalue weighted by Gasteiger charge is 2.30. The van der Waals surface area contributed by atoms with E-state index in [0.29, 0.717) is 35.4 Å². The Morgan fingerprint density at radius 1 is 1.18 bits per heavy atom. The standard InChI is InChI=1S/C24H22N6O2S/c1-14-8-9-19(33-14)18-12-17(21-15(2)28-32-23(21)25-18)24(31)29-10-5-6-16(13-29)22-27-26-20-7-3-4-11-30(20)22/h3-4,7-9,11-12,16H,5-6,10,13H2,1-2H3/t16-/m0/s1. The first-order chi connectivity index (χ1) is 16.1. The molecule has 0 aliphatic carbocycles. The molecule has 1 aliphatic heterocycles. The van der Waals surface area contributed by atoms with E-state index in [4.69, 9.17) is 4.52 Å². The number of amides is 1. The van der Waals surface area contributed by atoms with Gasteiger partial charge in [0.1, 0.15) is 5.82 Å². The predicted molar refractivity (Wildman–Crippen MR) is 125 cm³/mol. The van der Waals surface area contributed by atoms with E-state index < -0.39 is 0 Å². The number of carbonyl (C=O) groups excluding carboxylic acids is 1. The molecule has 1 saturated heterocycles. The first kappa shape index (κ1) is 20.0. The zero-order chi connectivity index (χ0) is 22.5. The molecule has 1 amide bonds. The Hall–Kier alpha value is -3.59. The number of nitrogens with zero attached hydrogens (tertiary/aromatic N) is 6. The second kappa shape index (κ2) is 7.77. The van der Waals surface area contributed by atoms with Gasteiger partial charge in [-0.05, 0) is 57.0 Å². The van der Waals surface area contributed by atoms with Crippen LogP contribution in [0.2, 0.25) is 0 Å². The molecule has 1 aliphatic rings. The Labute approximate surface area is 193 Å². The van der Waals surface area contributed by atoms with Gasteiger partial charge in [0.05, 0.1) is 27.2 Å². The fraction of sp³-hybridized carbons (Fsp3) is 0.292. The normalized spacial score (nSPS) is 16.7. The van der Waals surface area contributed by atoms with E-state index in [2.05, 4.69) is 33.3 Å². The summed E-state index contributed by atoms with van der Waals surface area (Å²) in [5.74, 6) is 1.00. The van der Waals surface area contributed by atoms with Crippen LogP contribution in [-0.2, 0) is 0 Å². The molecule has 166 valence electrons. The van der Waals surface area contributed by atoms with Crippen LogP contribution in [0.25, 0.3) is 27.3 Å². The smallest absolute Gasteiger partial charge is 0.259 e. The number of piperidine rings is 1. The molecule has 1 fully saturated rings. The number of hydrogen-bond donors (Lipinski definition) is 0. The van der Waals surface area contributed by atoms with Gasteiger partial charge in [-0.2, -0.15) is 0 Å². The highest BCUT2D eigenvalue weighted by molar-refractivity contribution is 7.15. The number of thiophene rings is 1. The second-order valence-corrected chi connectivity index (χ2v) is 9.78. The zero-order valence-electron chi connectivity index (χ0n) is 18.4. The minimum absolute atomic E-state index is 0.0262. The Balaban J connectivity index is 1.37. The summed E-state index contributed by atoms with van der Waals surface area (Å²) in [6.07, 6.45) is 3.86. The van der Waals surface area contributed by atoms with E-state index in [0.717, 1.165) is 34.9 Å². The molecule has 6 heterocycles. The number of fused-ring (bicyclic) bond motifs is 2. The number of pyridine rings is 2. The summed E-state index contributed by atoms with van der Waals surface area (Å²) in [5.41, 5.74) is 3.22. The molecule has 0 saturated carbocycles. The highest BCUT2D eigenvalue weighted by Crippen LogP contribution is 2.33. The van der Waals surface area contributed by atoms with Crippen LogP contribution in [0.3, 0.4) is 0 Å². The predicted octanol–water partition coefficient (Wildman–Crippen LogP) is 4.63. The summed E-state index contributed by atoms with van der Waals surface area (Å²) in [7, 11) is 0. The van der Waals surface area contributed by atoms with Crippen molar-refractivity contribution in [1.82, 2.24) is 29.6 Å². The van der Waals surface area contributed by atoms with Crippen molar-refractivity contribution in [2.45, 2.75) is 32.6 Å². The van der Waals surface area contributed by atoms with E-state index in [-0.39, 0.29) is 11.8 Å². The summed E-state index contributed by atoms with van der Waals surface area (Å²) >= 11 is 1.64. The van der Waals surface area contributed by atoms with Gasteiger partial charge in [0, 0.05) is 30.1 Å². The number of aromatic nitrogens is 5. The third kappa shape index (κ3) is 3.39. The van der Waals surface area contributed by atoms with E-state index in [9.17, 15) is 4.79 Å². The van der Waals surface area contributed by atoms with Crippen molar-refractivity contribution in [2.24, 2.45) is 0 Å². The zero-order valence-corrected chi connectivity index (χ0v) is 19.2. The molecule has 0 N–H and O–H groups in total. The van der Waals surface area contributed by atoms with Gasteiger partial charge in [0.2, 0.25) is 0 Å². The maximum atomic E-state index is 13.8. The van der Waals surface area contributed by atoms with E-state index >= 15 is 0 Å². The van der Waals surface area contributed by atoms with Gasteiger partial charge < -0.3 is 9.42 Å².